The van der Waals surface area contributed by atoms with Crippen molar-refractivity contribution in [3.05, 3.63) is 0 Å². The van der Waals surface area contributed by atoms with Gasteiger partial charge in [-0.3, -0.25) is 9.59 Å². The first-order valence-electron chi connectivity index (χ1n) is 7.93. The number of Topliss-reactive ketones (excluding diaryl/α,β-unsaturated/α-hetero) is 1. The Labute approximate surface area is 127 Å². The highest BCUT2D eigenvalue weighted by atomic mass is 16.5. The molecule has 1 fully saturated rings. The molecule has 1 N–H and O–H groups in total. The summed E-state index contributed by atoms with van der Waals surface area (Å²) in [6.45, 7) is 8.50. The highest BCUT2D eigenvalue weighted by molar-refractivity contribution is 5.81. The van der Waals surface area contributed by atoms with Gasteiger partial charge in [0.1, 0.15) is 5.78 Å². The molecule has 2 unspecified atom stereocenters. The van der Waals surface area contributed by atoms with Gasteiger partial charge in [0, 0.05) is 25.3 Å². The maximum Gasteiger partial charge on any atom is 0.223 e. The maximum atomic E-state index is 12.2. The van der Waals surface area contributed by atoms with Gasteiger partial charge in [0.25, 0.3) is 0 Å². The lowest BCUT2D eigenvalue weighted by atomic mass is 10.0. The lowest BCUT2D eigenvalue weighted by Gasteiger charge is -2.25. The van der Waals surface area contributed by atoms with E-state index in [4.69, 9.17) is 4.74 Å². The van der Waals surface area contributed by atoms with Crippen LogP contribution in [0.2, 0.25) is 0 Å². The highest BCUT2D eigenvalue weighted by Gasteiger charge is 2.34. The van der Waals surface area contributed by atoms with Crippen molar-refractivity contribution >= 4 is 11.7 Å². The fourth-order valence-corrected chi connectivity index (χ4v) is 2.51. The van der Waals surface area contributed by atoms with Gasteiger partial charge >= 0.3 is 0 Å². The lowest BCUT2D eigenvalue weighted by molar-refractivity contribution is -0.134. The van der Waals surface area contributed by atoms with Crippen LogP contribution in [0.1, 0.15) is 53.4 Å². The van der Waals surface area contributed by atoms with Gasteiger partial charge in [-0.25, -0.2) is 0 Å². The molecule has 0 aromatic heterocycles. The first-order chi connectivity index (χ1) is 9.81. The van der Waals surface area contributed by atoms with Crippen LogP contribution in [0.4, 0.5) is 0 Å². The number of carbonyl (C=O) groups excluding carboxylic acids is 2. The fraction of sp³-hybridized carbons (Fsp3) is 0.875. The number of amides is 1. The summed E-state index contributed by atoms with van der Waals surface area (Å²) in [4.78, 5) is 25.5. The van der Waals surface area contributed by atoms with Gasteiger partial charge in [-0.2, -0.15) is 0 Å². The molecular formula is C16H29NO4. The minimum absolute atomic E-state index is 0.0143. The zero-order valence-corrected chi connectivity index (χ0v) is 13.7. The van der Waals surface area contributed by atoms with Crippen LogP contribution in [0.25, 0.3) is 0 Å². The Hall–Kier alpha value is -0.940. The van der Waals surface area contributed by atoms with Gasteiger partial charge in [0.2, 0.25) is 5.91 Å². The molecular weight excluding hydrogens is 270 g/mol. The molecule has 1 saturated heterocycles. The summed E-state index contributed by atoms with van der Waals surface area (Å²) in [5.74, 6) is 0.241. The number of hydrogen-bond acceptors (Lipinski definition) is 4. The van der Waals surface area contributed by atoms with Crippen molar-refractivity contribution in [1.29, 1.82) is 0 Å². The van der Waals surface area contributed by atoms with Crippen molar-refractivity contribution in [2.75, 3.05) is 13.2 Å². The summed E-state index contributed by atoms with van der Waals surface area (Å²) in [7, 11) is 0. The predicted octanol–water partition coefficient (Wildman–Crippen LogP) is 1.77. The molecule has 21 heavy (non-hydrogen) atoms. The molecule has 1 rings (SSSR count). The standard InChI is InChI=1S/C16H29NO4/c1-11(2)15(19)6-5-7-16(20)17-9-14(18)8-13(17)10-21-12(3)4/h11-14,18H,5-10H2,1-4H3. The van der Waals surface area contributed by atoms with Gasteiger partial charge in [0.05, 0.1) is 24.9 Å². The van der Waals surface area contributed by atoms with Gasteiger partial charge in [0.15, 0.2) is 0 Å². The molecule has 0 radical (unpaired) electrons. The van der Waals surface area contributed by atoms with Crippen molar-refractivity contribution in [2.45, 2.75) is 71.6 Å². The van der Waals surface area contributed by atoms with E-state index in [1.54, 1.807) is 4.90 Å². The topological polar surface area (TPSA) is 66.8 Å². The number of β-amino-alcohol motifs (C(OH)–C–C–N with tert-alkyl or cyclic N) is 1. The second kappa shape index (κ2) is 8.49. The van der Waals surface area contributed by atoms with E-state index >= 15 is 0 Å². The SMILES string of the molecule is CC(C)OCC1CC(O)CN1C(=O)CCCC(=O)C(C)C. The Kier molecular flexibility index (Phi) is 7.32. The van der Waals surface area contributed by atoms with E-state index in [0.717, 1.165) is 0 Å². The third-order valence-corrected chi connectivity index (χ3v) is 3.79. The van der Waals surface area contributed by atoms with E-state index in [1.807, 2.05) is 27.7 Å². The first kappa shape index (κ1) is 18.1. The van der Waals surface area contributed by atoms with Crippen molar-refractivity contribution in [3.63, 3.8) is 0 Å². The van der Waals surface area contributed by atoms with E-state index in [1.165, 1.54) is 0 Å². The van der Waals surface area contributed by atoms with Crippen molar-refractivity contribution in [2.24, 2.45) is 5.92 Å². The van der Waals surface area contributed by atoms with Crippen LogP contribution < -0.4 is 0 Å². The summed E-state index contributed by atoms with van der Waals surface area (Å²) in [5.41, 5.74) is 0. The van der Waals surface area contributed by atoms with Crippen LogP contribution in [0.5, 0.6) is 0 Å². The van der Waals surface area contributed by atoms with Gasteiger partial charge < -0.3 is 14.7 Å². The second-order valence-electron chi connectivity index (χ2n) is 6.45. The quantitative estimate of drug-likeness (QED) is 0.742. The van der Waals surface area contributed by atoms with Crippen molar-refractivity contribution in [3.8, 4) is 0 Å². The number of hydrogen-bond donors (Lipinski definition) is 1. The molecule has 122 valence electrons. The molecule has 0 saturated carbocycles. The summed E-state index contributed by atoms with van der Waals surface area (Å²) in [5, 5.41) is 9.77. The molecule has 1 amide bonds. The Morgan fingerprint density at radius 2 is 1.90 bits per heavy atom. The Morgan fingerprint density at radius 3 is 2.48 bits per heavy atom. The minimum Gasteiger partial charge on any atom is -0.391 e. The average molecular weight is 299 g/mol. The van der Waals surface area contributed by atoms with Gasteiger partial charge in [-0.1, -0.05) is 13.8 Å². The molecule has 2 atom stereocenters. The van der Waals surface area contributed by atoms with Gasteiger partial charge in [-0.05, 0) is 26.7 Å². The van der Waals surface area contributed by atoms with Crippen LogP contribution in [0, 0.1) is 5.92 Å². The normalized spacial score (nSPS) is 22.3. The van der Waals surface area contributed by atoms with Crippen LogP contribution in [0.15, 0.2) is 0 Å². The van der Waals surface area contributed by atoms with Crippen LogP contribution >= 0.6 is 0 Å². The Bertz CT molecular complexity index is 354. The molecule has 0 spiro atoms. The number of carbonyl (C=O) groups is 2. The summed E-state index contributed by atoms with van der Waals surface area (Å²) >= 11 is 0. The van der Waals surface area contributed by atoms with Crippen LogP contribution in [0.3, 0.4) is 0 Å². The number of ether oxygens (including phenoxy) is 1. The minimum atomic E-state index is -0.466. The summed E-state index contributed by atoms with van der Waals surface area (Å²) in [6.07, 6.45) is 1.62. The monoisotopic (exact) mass is 299 g/mol. The molecule has 1 heterocycles. The highest BCUT2D eigenvalue weighted by Crippen LogP contribution is 2.20. The molecule has 0 aliphatic carbocycles. The van der Waals surface area contributed by atoms with E-state index in [2.05, 4.69) is 0 Å². The zero-order chi connectivity index (χ0) is 16.0. The third-order valence-electron chi connectivity index (χ3n) is 3.79. The fourth-order valence-electron chi connectivity index (χ4n) is 2.51. The van der Waals surface area contributed by atoms with Crippen molar-refractivity contribution < 1.29 is 19.4 Å². The molecule has 0 aromatic rings. The Morgan fingerprint density at radius 1 is 1.24 bits per heavy atom. The number of aliphatic hydroxyl groups is 1. The maximum absolute atomic E-state index is 12.2. The number of aliphatic hydroxyl groups excluding tert-OH is 1. The number of ketones is 1. The summed E-state index contributed by atoms with van der Waals surface area (Å²) in [6, 6.07) is -0.0456. The molecule has 0 aromatic carbocycles. The largest absolute Gasteiger partial charge is 0.391 e. The number of likely N-dealkylation sites (tertiary alicyclic amines) is 1. The molecule has 0 bridgehead atoms. The predicted molar refractivity (Wildman–Crippen MR) is 80.9 cm³/mol. The van der Waals surface area contributed by atoms with E-state index in [-0.39, 0.29) is 29.8 Å². The van der Waals surface area contributed by atoms with Gasteiger partial charge in [-0.15, -0.1) is 0 Å². The molecule has 5 heteroatoms. The van der Waals surface area contributed by atoms with Crippen LogP contribution in [-0.4, -0.2) is 53.1 Å². The zero-order valence-electron chi connectivity index (χ0n) is 13.7. The molecule has 1 aliphatic heterocycles. The molecule has 1 aliphatic rings. The number of nitrogens with zero attached hydrogens (tertiary/aromatic N) is 1. The first-order valence-corrected chi connectivity index (χ1v) is 7.93. The molecule has 5 nitrogen and oxygen atoms in total. The van der Waals surface area contributed by atoms with E-state index in [9.17, 15) is 14.7 Å². The van der Waals surface area contributed by atoms with Crippen LogP contribution in [-0.2, 0) is 14.3 Å². The summed E-state index contributed by atoms with van der Waals surface area (Å²) < 4.78 is 5.57. The van der Waals surface area contributed by atoms with E-state index < -0.39 is 6.10 Å². The van der Waals surface area contributed by atoms with Crippen molar-refractivity contribution in [1.82, 2.24) is 4.90 Å². The average Bonchev–Trinajstić information content (AvgIpc) is 2.77. The third kappa shape index (κ3) is 6.14. The lowest BCUT2D eigenvalue weighted by Crippen LogP contribution is -2.39. The van der Waals surface area contributed by atoms with E-state index in [0.29, 0.717) is 38.8 Å². The number of rotatable bonds is 8. The second-order valence-corrected chi connectivity index (χ2v) is 6.45. The smallest absolute Gasteiger partial charge is 0.223 e. The Balaban J connectivity index is 2.41.